The van der Waals surface area contributed by atoms with Gasteiger partial charge in [0.15, 0.2) is 0 Å². The van der Waals surface area contributed by atoms with Crippen molar-refractivity contribution in [3.63, 3.8) is 0 Å². The van der Waals surface area contributed by atoms with E-state index in [-0.39, 0.29) is 22.0 Å². The van der Waals surface area contributed by atoms with Gasteiger partial charge in [-0.15, -0.1) is 0 Å². The van der Waals surface area contributed by atoms with E-state index < -0.39 is 17.6 Å². The lowest BCUT2D eigenvalue weighted by molar-refractivity contribution is -0.138. The summed E-state index contributed by atoms with van der Waals surface area (Å²) in [5, 5.41) is 3.25. The van der Waals surface area contributed by atoms with E-state index in [0.29, 0.717) is 5.33 Å². The predicted molar refractivity (Wildman–Crippen MR) is 79.0 cm³/mol. The van der Waals surface area contributed by atoms with Crippen molar-refractivity contribution in [3.8, 4) is 0 Å². The van der Waals surface area contributed by atoms with E-state index in [1.54, 1.807) is 0 Å². The van der Waals surface area contributed by atoms with Crippen molar-refractivity contribution in [2.75, 3.05) is 5.33 Å². The predicted octanol–water partition coefficient (Wildman–Crippen LogP) is 4.62. The second-order valence-electron chi connectivity index (χ2n) is 4.67. The van der Waals surface area contributed by atoms with Crippen molar-refractivity contribution in [2.24, 2.45) is 5.92 Å². The fraction of sp³-hybridized carbons (Fsp3) is 0.462. The van der Waals surface area contributed by atoms with E-state index in [9.17, 15) is 18.0 Å². The van der Waals surface area contributed by atoms with Crippen LogP contribution in [0.15, 0.2) is 22.7 Å². The number of amides is 1. The van der Waals surface area contributed by atoms with Crippen molar-refractivity contribution >= 4 is 37.8 Å². The Hall–Kier alpha value is -0.560. The Bertz CT molecular complexity index is 489. The van der Waals surface area contributed by atoms with E-state index in [1.807, 2.05) is 13.8 Å². The molecule has 0 saturated carbocycles. The summed E-state index contributed by atoms with van der Waals surface area (Å²) in [6, 6.07) is 3.31. The van der Waals surface area contributed by atoms with Gasteiger partial charge in [-0.25, -0.2) is 0 Å². The van der Waals surface area contributed by atoms with Crippen LogP contribution in [0.3, 0.4) is 0 Å². The molecule has 1 atom stereocenters. The Morgan fingerprint density at radius 3 is 2.40 bits per heavy atom. The first kappa shape index (κ1) is 17.5. The lowest BCUT2D eigenvalue weighted by atomic mass is 10.1. The first-order valence-electron chi connectivity index (χ1n) is 5.90. The lowest BCUT2D eigenvalue weighted by Crippen LogP contribution is -2.39. The van der Waals surface area contributed by atoms with Gasteiger partial charge in [0.2, 0.25) is 0 Å². The van der Waals surface area contributed by atoms with Crippen LogP contribution in [0.1, 0.15) is 29.8 Å². The summed E-state index contributed by atoms with van der Waals surface area (Å²) in [6.07, 6.45) is -4.50. The molecule has 1 N–H and O–H groups in total. The minimum Gasteiger partial charge on any atom is -0.348 e. The van der Waals surface area contributed by atoms with Gasteiger partial charge in [0.1, 0.15) is 0 Å². The van der Waals surface area contributed by atoms with Crippen molar-refractivity contribution in [1.29, 1.82) is 0 Å². The van der Waals surface area contributed by atoms with E-state index in [1.165, 1.54) is 12.1 Å². The quantitative estimate of drug-likeness (QED) is 0.713. The molecule has 0 aliphatic heterocycles. The summed E-state index contributed by atoms with van der Waals surface area (Å²) in [7, 11) is 0. The molecule has 2 nitrogen and oxygen atoms in total. The number of carbonyl (C=O) groups excluding carboxylic acids is 1. The number of benzene rings is 1. The van der Waals surface area contributed by atoms with Gasteiger partial charge >= 0.3 is 6.18 Å². The van der Waals surface area contributed by atoms with Gasteiger partial charge in [0.05, 0.1) is 5.56 Å². The Balaban J connectivity index is 3.00. The van der Waals surface area contributed by atoms with Gasteiger partial charge in [-0.05, 0) is 24.1 Å². The largest absolute Gasteiger partial charge is 0.417 e. The first-order chi connectivity index (χ1) is 9.16. The van der Waals surface area contributed by atoms with Crippen LogP contribution in [0.4, 0.5) is 13.2 Å². The highest BCUT2D eigenvalue weighted by Crippen LogP contribution is 2.35. The molecule has 0 heterocycles. The maximum atomic E-state index is 12.8. The number of rotatable bonds is 4. The molecule has 0 saturated heterocycles. The van der Waals surface area contributed by atoms with Crippen molar-refractivity contribution in [2.45, 2.75) is 26.1 Å². The summed E-state index contributed by atoms with van der Waals surface area (Å²) in [5.41, 5.74) is -0.864. The number of hydrogen-bond donors (Lipinski definition) is 1. The zero-order valence-corrected chi connectivity index (χ0v) is 14.1. The normalized spacial score (nSPS) is 13.4. The van der Waals surface area contributed by atoms with Crippen LogP contribution in [-0.2, 0) is 6.18 Å². The molecule has 1 unspecified atom stereocenters. The summed E-state index contributed by atoms with van der Waals surface area (Å²) in [6.45, 7) is 3.85. The van der Waals surface area contributed by atoms with Crippen molar-refractivity contribution in [3.05, 3.63) is 33.8 Å². The molecule has 1 aromatic carbocycles. The maximum absolute atomic E-state index is 12.8. The Kier molecular flexibility index (Phi) is 6.06. The summed E-state index contributed by atoms with van der Waals surface area (Å²) < 4.78 is 38.3. The fourth-order valence-electron chi connectivity index (χ4n) is 1.52. The number of halogens is 5. The highest BCUT2D eigenvalue weighted by Gasteiger charge is 2.33. The molecule has 0 bridgehead atoms. The zero-order chi connectivity index (χ0) is 15.5. The van der Waals surface area contributed by atoms with Crippen LogP contribution in [-0.4, -0.2) is 17.3 Å². The average Bonchev–Trinajstić information content (AvgIpc) is 2.34. The minimum atomic E-state index is -4.50. The SMILES string of the molecule is CC(C)C(CBr)NC(=O)c1ccc(Br)c(C(F)(F)F)c1. The number of nitrogens with one attached hydrogen (secondary N) is 1. The van der Waals surface area contributed by atoms with Crippen LogP contribution in [0.2, 0.25) is 0 Å². The van der Waals surface area contributed by atoms with E-state index in [2.05, 4.69) is 37.2 Å². The second kappa shape index (κ2) is 6.93. The second-order valence-corrected chi connectivity index (χ2v) is 6.17. The van der Waals surface area contributed by atoms with Gasteiger partial charge < -0.3 is 5.32 Å². The molecule has 0 fully saturated rings. The van der Waals surface area contributed by atoms with Crippen LogP contribution < -0.4 is 5.32 Å². The average molecular weight is 417 g/mol. The van der Waals surface area contributed by atoms with Crippen LogP contribution in [0.5, 0.6) is 0 Å². The Morgan fingerprint density at radius 1 is 1.35 bits per heavy atom. The summed E-state index contributed by atoms with van der Waals surface area (Å²) in [4.78, 5) is 12.0. The smallest absolute Gasteiger partial charge is 0.348 e. The fourth-order valence-corrected chi connectivity index (χ4v) is 2.90. The van der Waals surface area contributed by atoms with E-state index in [4.69, 9.17) is 0 Å². The minimum absolute atomic E-state index is 0.00729. The molecule has 0 aliphatic rings. The van der Waals surface area contributed by atoms with Crippen LogP contribution in [0.25, 0.3) is 0 Å². The third-order valence-electron chi connectivity index (χ3n) is 2.82. The summed E-state index contributed by atoms with van der Waals surface area (Å²) in [5.74, 6) is -0.336. The molecular weight excluding hydrogens is 403 g/mol. The molecule has 0 radical (unpaired) electrons. The first-order valence-corrected chi connectivity index (χ1v) is 7.81. The van der Waals surface area contributed by atoms with Gasteiger partial charge in [-0.2, -0.15) is 13.2 Å². The Labute approximate surface area is 132 Å². The maximum Gasteiger partial charge on any atom is 0.417 e. The number of carbonyl (C=O) groups is 1. The number of hydrogen-bond acceptors (Lipinski definition) is 1. The molecule has 1 rings (SSSR count). The molecule has 20 heavy (non-hydrogen) atoms. The van der Waals surface area contributed by atoms with E-state index >= 15 is 0 Å². The van der Waals surface area contributed by atoms with Gasteiger partial charge in [-0.1, -0.05) is 45.7 Å². The molecule has 7 heteroatoms. The highest BCUT2D eigenvalue weighted by molar-refractivity contribution is 9.10. The third kappa shape index (κ3) is 4.48. The molecule has 0 spiro atoms. The molecule has 1 amide bonds. The molecular formula is C13H14Br2F3NO. The standard InChI is InChI=1S/C13H14Br2F3NO/c1-7(2)11(6-14)19-12(20)8-3-4-10(15)9(5-8)13(16,17)18/h3-5,7,11H,6H2,1-2H3,(H,19,20). The number of alkyl halides is 4. The Morgan fingerprint density at radius 2 is 1.95 bits per heavy atom. The van der Waals surface area contributed by atoms with Gasteiger partial charge in [-0.3, -0.25) is 4.79 Å². The molecule has 0 aliphatic carbocycles. The topological polar surface area (TPSA) is 29.1 Å². The molecule has 112 valence electrons. The van der Waals surface area contributed by atoms with Crippen molar-refractivity contribution in [1.82, 2.24) is 5.32 Å². The zero-order valence-electron chi connectivity index (χ0n) is 10.9. The summed E-state index contributed by atoms with van der Waals surface area (Å²) >= 11 is 6.12. The van der Waals surface area contributed by atoms with E-state index in [0.717, 1.165) is 6.07 Å². The molecule has 1 aromatic rings. The van der Waals surface area contributed by atoms with Crippen molar-refractivity contribution < 1.29 is 18.0 Å². The van der Waals surface area contributed by atoms with Crippen LogP contribution in [0, 0.1) is 5.92 Å². The highest BCUT2D eigenvalue weighted by atomic mass is 79.9. The lowest BCUT2D eigenvalue weighted by Gasteiger charge is -2.20. The van der Waals surface area contributed by atoms with Gasteiger partial charge in [0, 0.05) is 21.4 Å². The third-order valence-corrected chi connectivity index (χ3v) is 4.21. The van der Waals surface area contributed by atoms with Crippen LogP contribution >= 0.6 is 31.9 Å². The monoisotopic (exact) mass is 415 g/mol. The van der Waals surface area contributed by atoms with Gasteiger partial charge in [0.25, 0.3) is 5.91 Å². The molecule has 0 aromatic heterocycles.